The highest BCUT2D eigenvalue weighted by atomic mass is 16.6. The second kappa shape index (κ2) is 9.90. The summed E-state index contributed by atoms with van der Waals surface area (Å²) < 4.78 is 11.2. The number of amides is 1. The number of carbonyl (C=O) groups excluding carboxylic acids is 1. The van der Waals surface area contributed by atoms with Crippen molar-refractivity contribution in [3.05, 3.63) is 35.9 Å². The minimum Gasteiger partial charge on any atom is -0.445 e. The molecule has 2 fully saturated rings. The lowest BCUT2D eigenvalue weighted by atomic mass is 10.1. The van der Waals surface area contributed by atoms with Crippen molar-refractivity contribution in [3.63, 3.8) is 0 Å². The van der Waals surface area contributed by atoms with Crippen molar-refractivity contribution in [2.24, 2.45) is 0 Å². The van der Waals surface area contributed by atoms with Gasteiger partial charge in [-0.2, -0.15) is 0 Å². The Bertz CT molecular complexity index is 548. The summed E-state index contributed by atoms with van der Waals surface area (Å²) in [6.45, 7) is 6.16. The van der Waals surface area contributed by atoms with E-state index >= 15 is 0 Å². The molecule has 0 radical (unpaired) electrons. The van der Waals surface area contributed by atoms with Crippen molar-refractivity contribution in [1.29, 1.82) is 0 Å². The normalized spacial score (nSPS) is 24.4. The summed E-state index contributed by atoms with van der Waals surface area (Å²) in [5.41, 5.74) is 1.00. The Kier molecular flexibility index (Phi) is 7.29. The first kappa shape index (κ1) is 19.1. The molecule has 3 rings (SSSR count). The number of ether oxygens (including phenoxy) is 2. The molecule has 6 nitrogen and oxygen atoms in total. The lowest BCUT2D eigenvalue weighted by Crippen LogP contribution is -2.50. The fraction of sp³-hybridized carbons (Fsp3) is 0.650. The predicted molar refractivity (Wildman–Crippen MR) is 101 cm³/mol. The van der Waals surface area contributed by atoms with Crippen LogP contribution in [0.25, 0.3) is 0 Å². The summed E-state index contributed by atoms with van der Waals surface area (Å²) in [7, 11) is 0. The Morgan fingerprint density at radius 2 is 2.27 bits per heavy atom. The molecule has 1 aromatic rings. The van der Waals surface area contributed by atoms with E-state index in [0.29, 0.717) is 38.4 Å². The summed E-state index contributed by atoms with van der Waals surface area (Å²) in [5, 5.41) is 7.09. The van der Waals surface area contributed by atoms with Crippen molar-refractivity contribution in [1.82, 2.24) is 15.5 Å². The molecular formula is C20H31N3O3. The quantitative estimate of drug-likeness (QED) is 0.779. The Hall–Kier alpha value is -1.63. The van der Waals surface area contributed by atoms with Gasteiger partial charge in [-0.1, -0.05) is 30.3 Å². The maximum Gasteiger partial charge on any atom is 0.410 e. The van der Waals surface area contributed by atoms with E-state index in [1.807, 2.05) is 30.3 Å². The van der Waals surface area contributed by atoms with E-state index in [1.54, 1.807) is 4.90 Å². The van der Waals surface area contributed by atoms with Crippen molar-refractivity contribution in [2.45, 2.75) is 51.0 Å². The predicted octanol–water partition coefficient (Wildman–Crippen LogP) is 2.14. The van der Waals surface area contributed by atoms with Crippen LogP contribution in [0.15, 0.2) is 30.3 Å². The van der Waals surface area contributed by atoms with Gasteiger partial charge in [-0.05, 0) is 38.3 Å². The lowest BCUT2D eigenvalue weighted by Gasteiger charge is -2.33. The van der Waals surface area contributed by atoms with Crippen LogP contribution in [0.5, 0.6) is 0 Å². The number of carbonyl (C=O) groups is 1. The third-order valence-electron chi connectivity index (χ3n) is 5.10. The second-order valence-electron chi connectivity index (χ2n) is 7.32. The molecule has 26 heavy (non-hydrogen) atoms. The minimum atomic E-state index is -0.259. The highest BCUT2D eigenvalue weighted by molar-refractivity contribution is 5.67. The van der Waals surface area contributed by atoms with Gasteiger partial charge in [0.25, 0.3) is 0 Å². The molecule has 2 aliphatic heterocycles. The van der Waals surface area contributed by atoms with Crippen LogP contribution in [0.3, 0.4) is 0 Å². The maximum absolute atomic E-state index is 12.3. The molecule has 2 N–H and O–H groups in total. The second-order valence-corrected chi connectivity index (χ2v) is 7.32. The molecule has 1 aromatic carbocycles. The zero-order valence-corrected chi connectivity index (χ0v) is 15.7. The van der Waals surface area contributed by atoms with Gasteiger partial charge < -0.3 is 25.0 Å². The van der Waals surface area contributed by atoms with Crippen LogP contribution < -0.4 is 10.6 Å². The molecule has 0 spiro atoms. The average Bonchev–Trinajstić information content (AvgIpc) is 3.18. The lowest BCUT2D eigenvalue weighted by molar-refractivity contribution is -0.0279. The van der Waals surface area contributed by atoms with Gasteiger partial charge in [0.15, 0.2) is 0 Å². The first-order valence-electron chi connectivity index (χ1n) is 9.74. The summed E-state index contributed by atoms with van der Waals surface area (Å²) >= 11 is 0. The topological polar surface area (TPSA) is 62.8 Å². The highest BCUT2D eigenvalue weighted by Crippen LogP contribution is 2.12. The molecule has 3 atom stereocenters. The van der Waals surface area contributed by atoms with E-state index in [0.717, 1.165) is 25.1 Å². The van der Waals surface area contributed by atoms with Gasteiger partial charge in [-0.25, -0.2) is 4.79 Å². The van der Waals surface area contributed by atoms with E-state index in [9.17, 15) is 4.79 Å². The fourth-order valence-electron chi connectivity index (χ4n) is 3.62. The van der Waals surface area contributed by atoms with Crippen LogP contribution in [-0.2, 0) is 16.1 Å². The zero-order chi connectivity index (χ0) is 18.2. The molecule has 2 heterocycles. The molecule has 2 aliphatic rings. The van der Waals surface area contributed by atoms with Gasteiger partial charge in [0.1, 0.15) is 6.61 Å². The van der Waals surface area contributed by atoms with Crippen molar-refractivity contribution >= 4 is 6.09 Å². The third-order valence-corrected chi connectivity index (χ3v) is 5.10. The Labute approximate surface area is 156 Å². The largest absolute Gasteiger partial charge is 0.445 e. The minimum absolute atomic E-state index is 0.0204. The van der Waals surface area contributed by atoms with E-state index in [-0.39, 0.29) is 12.2 Å². The zero-order valence-electron chi connectivity index (χ0n) is 15.7. The summed E-state index contributed by atoms with van der Waals surface area (Å²) in [5.74, 6) is 0. The number of hydrogen-bond acceptors (Lipinski definition) is 5. The van der Waals surface area contributed by atoms with Crippen LogP contribution >= 0.6 is 0 Å². The molecule has 3 unspecified atom stereocenters. The van der Waals surface area contributed by atoms with Gasteiger partial charge in [0.2, 0.25) is 0 Å². The van der Waals surface area contributed by atoms with Gasteiger partial charge >= 0.3 is 6.09 Å². The fourth-order valence-corrected chi connectivity index (χ4v) is 3.62. The monoisotopic (exact) mass is 361 g/mol. The van der Waals surface area contributed by atoms with Crippen LogP contribution in [-0.4, -0.2) is 62.0 Å². The van der Waals surface area contributed by atoms with Gasteiger partial charge in [0.05, 0.1) is 19.3 Å². The summed E-state index contributed by atoms with van der Waals surface area (Å²) in [4.78, 5) is 14.1. The number of hydrogen-bond donors (Lipinski definition) is 2. The number of rotatable bonds is 7. The average molecular weight is 361 g/mol. The summed E-state index contributed by atoms with van der Waals surface area (Å²) in [6, 6.07) is 10.8. The van der Waals surface area contributed by atoms with Gasteiger partial charge in [0, 0.05) is 25.2 Å². The van der Waals surface area contributed by atoms with E-state index in [2.05, 4.69) is 17.6 Å². The Morgan fingerprint density at radius 1 is 1.42 bits per heavy atom. The molecule has 2 saturated heterocycles. The van der Waals surface area contributed by atoms with Gasteiger partial charge in [-0.3, -0.25) is 0 Å². The van der Waals surface area contributed by atoms with Crippen LogP contribution in [0.4, 0.5) is 4.79 Å². The highest BCUT2D eigenvalue weighted by Gasteiger charge is 2.26. The molecule has 0 aromatic heterocycles. The first-order valence-corrected chi connectivity index (χ1v) is 9.74. The van der Waals surface area contributed by atoms with Gasteiger partial charge in [-0.15, -0.1) is 0 Å². The first-order chi connectivity index (χ1) is 12.7. The molecule has 144 valence electrons. The van der Waals surface area contributed by atoms with E-state index in [4.69, 9.17) is 9.47 Å². The molecule has 6 heteroatoms. The Balaban J connectivity index is 1.36. The molecule has 0 aliphatic carbocycles. The van der Waals surface area contributed by atoms with Crippen molar-refractivity contribution < 1.29 is 14.3 Å². The van der Waals surface area contributed by atoms with Crippen LogP contribution in [0, 0.1) is 0 Å². The maximum atomic E-state index is 12.3. The van der Waals surface area contributed by atoms with Crippen molar-refractivity contribution in [2.75, 3.05) is 32.8 Å². The Morgan fingerprint density at radius 3 is 3.04 bits per heavy atom. The number of benzene rings is 1. The third kappa shape index (κ3) is 5.97. The number of morpholine rings is 1. The number of nitrogens with one attached hydrogen (secondary N) is 2. The van der Waals surface area contributed by atoms with E-state index in [1.165, 1.54) is 12.8 Å². The smallest absolute Gasteiger partial charge is 0.410 e. The summed E-state index contributed by atoms with van der Waals surface area (Å²) in [6.07, 6.45) is 3.45. The van der Waals surface area contributed by atoms with E-state index < -0.39 is 0 Å². The molecule has 0 saturated carbocycles. The molecule has 0 bridgehead atoms. The molecule has 1 amide bonds. The van der Waals surface area contributed by atoms with Crippen LogP contribution in [0.2, 0.25) is 0 Å². The van der Waals surface area contributed by atoms with Crippen molar-refractivity contribution in [3.8, 4) is 0 Å². The SMILES string of the molecule is CC(CC1CCCN1)NCC1CN(C(=O)OCc2ccccc2)CCO1. The standard InChI is InChI=1S/C20H31N3O3/c1-16(12-18-8-5-9-21-18)22-13-19-14-23(10-11-25-19)20(24)26-15-17-6-3-2-4-7-17/h2-4,6-7,16,18-19,21-22H,5,8-15H2,1H3. The van der Waals surface area contributed by atoms with Crippen LogP contribution in [0.1, 0.15) is 31.7 Å². The number of nitrogens with zero attached hydrogens (tertiary/aromatic N) is 1. The molecular weight excluding hydrogens is 330 g/mol.